The van der Waals surface area contributed by atoms with E-state index in [9.17, 15) is 9.18 Å². The van der Waals surface area contributed by atoms with E-state index in [1.807, 2.05) is 13.8 Å². The summed E-state index contributed by atoms with van der Waals surface area (Å²) in [6, 6.07) is 1.67. The number of carbonyl (C=O) groups excluding carboxylic acids is 1. The molecule has 1 aromatic heterocycles. The predicted octanol–water partition coefficient (Wildman–Crippen LogP) is 4.05. The Bertz CT molecular complexity index is 704. The Hall–Kier alpha value is -1.69. The second-order valence-electron chi connectivity index (χ2n) is 4.51. The van der Waals surface area contributed by atoms with Crippen LogP contribution in [0.15, 0.2) is 16.7 Å². The third-order valence-electron chi connectivity index (χ3n) is 3.07. The molecule has 0 radical (unpaired) electrons. The lowest BCUT2D eigenvalue weighted by atomic mass is 10.1. The van der Waals surface area contributed by atoms with Gasteiger partial charge in [-0.25, -0.2) is 9.18 Å². The summed E-state index contributed by atoms with van der Waals surface area (Å²) in [5.74, 6) is -0.954. The molecule has 1 aromatic carbocycles. The molecule has 0 atom stereocenters. The van der Waals surface area contributed by atoms with Gasteiger partial charge in [0.2, 0.25) is 0 Å². The molecule has 4 nitrogen and oxygen atoms in total. The van der Waals surface area contributed by atoms with E-state index < -0.39 is 11.8 Å². The molecule has 0 aliphatic heterocycles. The van der Waals surface area contributed by atoms with Gasteiger partial charge in [-0.05, 0) is 48.3 Å². The lowest BCUT2D eigenvalue weighted by Crippen LogP contribution is -2.12. The van der Waals surface area contributed by atoms with Crippen molar-refractivity contribution in [2.45, 2.75) is 20.8 Å². The Morgan fingerprint density at radius 2 is 2.19 bits per heavy atom. The molecule has 0 aliphatic rings. The van der Waals surface area contributed by atoms with Crippen LogP contribution in [-0.2, 0) is 4.74 Å². The van der Waals surface area contributed by atoms with Gasteiger partial charge in [-0.1, -0.05) is 0 Å². The van der Waals surface area contributed by atoms with Crippen LogP contribution in [0.25, 0.3) is 10.9 Å². The number of halogens is 2. The van der Waals surface area contributed by atoms with Crippen LogP contribution in [0.2, 0.25) is 0 Å². The van der Waals surface area contributed by atoms with Crippen molar-refractivity contribution in [2.24, 2.45) is 0 Å². The van der Waals surface area contributed by atoms with Crippen molar-refractivity contribution in [3.05, 3.63) is 33.7 Å². The minimum atomic E-state index is -0.514. The maximum absolute atomic E-state index is 14.5. The summed E-state index contributed by atoms with van der Waals surface area (Å²) in [6.07, 6.45) is 1.43. The first kappa shape index (κ1) is 15.7. The van der Waals surface area contributed by atoms with Crippen LogP contribution >= 0.6 is 15.9 Å². The molecular weight excluding hydrogens is 339 g/mol. The zero-order valence-electron chi connectivity index (χ0n) is 12.1. The number of hydrogen-bond donors (Lipinski definition) is 1. The van der Waals surface area contributed by atoms with Crippen molar-refractivity contribution < 1.29 is 13.9 Å². The number of ether oxygens (including phenoxy) is 1. The zero-order valence-corrected chi connectivity index (χ0v) is 13.7. The lowest BCUT2D eigenvalue weighted by Gasteiger charge is -2.15. The highest BCUT2D eigenvalue weighted by Crippen LogP contribution is 2.34. The number of anilines is 1. The van der Waals surface area contributed by atoms with Gasteiger partial charge in [0.05, 0.1) is 27.7 Å². The Balaban J connectivity index is 2.81. The first-order chi connectivity index (χ1) is 10.0. The Kier molecular flexibility index (Phi) is 4.77. The number of rotatable bonds is 4. The highest BCUT2D eigenvalue weighted by atomic mass is 79.9. The smallest absolute Gasteiger partial charge is 0.341 e. The number of aromatic nitrogens is 1. The van der Waals surface area contributed by atoms with Gasteiger partial charge in [0.25, 0.3) is 0 Å². The van der Waals surface area contributed by atoms with E-state index in [2.05, 4.69) is 26.2 Å². The molecule has 0 saturated heterocycles. The van der Waals surface area contributed by atoms with Crippen LogP contribution in [0.3, 0.4) is 0 Å². The molecule has 21 heavy (non-hydrogen) atoms. The summed E-state index contributed by atoms with van der Waals surface area (Å²) in [6.45, 7) is 6.25. The molecule has 112 valence electrons. The number of fused-ring (bicyclic) bond motifs is 1. The minimum absolute atomic E-state index is 0.239. The van der Waals surface area contributed by atoms with E-state index in [-0.39, 0.29) is 12.2 Å². The van der Waals surface area contributed by atoms with Crippen LogP contribution in [0.4, 0.5) is 10.1 Å². The fraction of sp³-hybridized carbons (Fsp3) is 0.333. The maximum Gasteiger partial charge on any atom is 0.341 e. The summed E-state index contributed by atoms with van der Waals surface area (Å²) in [4.78, 5) is 16.3. The largest absolute Gasteiger partial charge is 0.462 e. The summed E-state index contributed by atoms with van der Waals surface area (Å²) in [5, 5.41) is 3.35. The highest BCUT2D eigenvalue weighted by Gasteiger charge is 2.21. The average Bonchev–Trinajstić information content (AvgIpc) is 2.45. The first-order valence-corrected chi connectivity index (χ1v) is 7.48. The summed E-state index contributed by atoms with van der Waals surface area (Å²) < 4.78 is 19.9. The molecule has 0 fully saturated rings. The van der Waals surface area contributed by atoms with Gasteiger partial charge in [-0.15, -0.1) is 0 Å². The zero-order chi connectivity index (χ0) is 15.6. The summed E-state index contributed by atoms with van der Waals surface area (Å²) >= 11 is 3.20. The monoisotopic (exact) mass is 354 g/mol. The molecule has 0 bridgehead atoms. The molecule has 2 rings (SSSR count). The third kappa shape index (κ3) is 2.85. The van der Waals surface area contributed by atoms with Crippen molar-refractivity contribution in [3.8, 4) is 0 Å². The topological polar surface area (TPSA) is 51.2 Å². The summed E-state index contributed by atoms with van der Waals surface area (Å²) in [7, 11) is 0. The number of nitrogens with zero attached hydrogens (tertiary/aromatic N) is 1. The number of nitrogens with one attached hydrogen (secondary N) is 1. The Morgan fingerprint density at radius 3 is 2.81 bits per heavy atom. The molecule has 0 amide bonds. The van der Waals surface area contributed by atoms with E-state index in [1.54, 1.807) is 13.0 Å². The van der Waals surface area contributed by atoms with Crippen molar-refractivity contribution >= 4 is 38.5 Å². The van der Waals surface area contributed by atoms with Gasteiger partial charge in [0.15, 0.2) is 0 Å². The second kappa shape index (κ2) is 6.39. The third-order valence-corrected chi connectivity index (χ3v) is 3.65. The molecular formula is C15H16BrFN2O2. The van der Waals surface area contributed by atoms with E-state index in [4.69, 9.17) is 4.74 Å². The van der Waals surface area contributed by atoms with Crippen molar-refractivity contribution in [1.82, 2.24) is 4.98 Å². The fourth-order valence-electron chi connectivity index (χ4n) is 2.19. The number of hydrogen-bond acceptors (Lipinski definition) is 4. The van der Waals surface area contributed by atoms with Crippen LogP contribution < -0.4 is 5.32 Å². The number of carbonyl (C=O) groups is 1. The van der Waals surface area contributed by atoms with E-state index in [0.717, 1.165) is 5.56 Å². The molecule has 1 N–H and O–H groups in total. The van der Waals surface area contributed by atoms with E-state index in [1.165, 1.54) is 6.20 Å². The first-order valence-electron chi connectivity index (χ1n) is 6.69. The highest BCUT2D eigenvalue weighted by molar-refractivity contribution is 9.10. The van der Waals surface area contributed by atoms with Crippen LogP contribution in [0.1, 0.15) is 29.8 Å². The average molecular weight is 355 g/mol. The predicted molar refractivity (Wildman–Crippen MR) is 84.3 cm³/mol. The van der Waals surface area contributed by atoms with Crippen LogP contribution in [0.5, 0.6) is 0 Å². The van der Waals surface area contributed by atoms with Gasteiger partial charge in [-0.2, -0.15) is 0 Å². The van der Waals surface area contributed by atoms with Gasteiger partial charge in [0, 0.05) is 12.7 Å². The minimum Gasteiger partial charge on any atom is -0.462 e. The number of aryl methyl sites for hydroxylation is 1. The SMILES string of the molecule is CCNc1c(C(=O)OCC)cnc2c(C)cc(Br)c(F)c12. The van der Waals surface area contributed by atoms with E-state index >= 15 is 0 Å². The van der Waals surface area contributed by atoms with Gasteiger partial charge in [0.1, 0.15) is 11.4 Å². The van der Waals surface area contributed by atoms with Crippen molar-refractivity contribution in [2.75, 3.05) is 18.5 Å². The number of benzene rings is 1. The van der Waals surface area contributed by atoms with Crippen LogP contribution in [-0.4, -0.2) is 24.1 Å². The van der Waals surface area contributed by atoms with Gasteiger partial charge < -0.3 is 10.1 Å². The molecule has 2 aromatic rings. The number of esters is 1. The van der Waals surface area contributed by atoms with Crippen molar-refractivity contribution in [3.63, 3.8) is 0 Å². The molecule has 0 saturated carbocycles. The van der Waals surface area contributed by atoms with Crippen molar-refractivity contribution in [1.29, 1.82) is 0 Å². The molecule has 6 heteroatoms. The standard InChI is InChI=1S/C15H16BrFN2O2/c1-4-18-14-9(15(20)21-5-2)7-19-13-8(3)6-10(16)12(17)11(13)14/h6-7H,4-5H2,1-3H3,(H,18,19). The molecule has 0 aliphatic carbocycles. The van der Waals surface area contributed by atoms with Gasteiger partial charge in [-0.3, -0.25) is 4.98 Å². The Labute approximate surface area is 130 Å². The van der Waals surface area contributed by atoms with Crippen LogP contribution in [0, 0.1) is 12.7 Å². The normalized spacial score (nSPS) is 10.7. The molecule has 1 heterocycles. The Morgan fingerprint density at radius 1 is 1.48 bits per heavy atom. The van der Waals surface area contributed by atoms with Gasteiger partial charge >= 0.3 is 5.97 Å². The fourth-order valence-corrected chi connectivity index (χ4v) is 2.73. The maximum atomic E-state index is 14.5. The quantitative estimate of drug-likeness (QED) is 0.841. The number of pyridine rings is 1. The van der Waals surface area contributed by atoms with E-state index in [0.29, 0.717) is 27.6 Å². The second-order valence-corrected chi connectivity index (χ2v) is 5.36. The molecule has 0 spiro atoms. The lowest BCUT2D eigenvalue weighted by molar-refractivity contribution is 0.0527. The molecule has 0 unspecified atom stereocenters. The summed E-state index contributed by atoms with van der Waals surface area (Å²) in [5.41, 5.74) is 2.01.